The fourth-order valence-corrected chi connectivity index (χ4v) is 3.80. The number of pyridine rings is 2. The average molecular weight is 505 g/mol. The molecule has 0 spiro atoms. The van der Waals surface area contributed by atoms with Gasteiger partial charge in [-0.2, -0.15) is 0 Å². The van der Waals surface area contributed by atoms with Crippen molar-refractivity contribution in [3.63, 3.8) is 0 Å². The zero-order chi connectivity index (χ0) is 25.9. The van der Waals surface area contributed by atoms with Crippen LogP contribution < -0.4 is 19.7 Å². The van der Waals surface area contributed by atoms with E-state index in [0.717, 1.165) is 0 Å². The van der Waals surface area contributed by atoms with Crippen LogP contribution in [0, 0.1) is 17.3 Å². The van der Waals surface area contributed by atoms with Gasteiger partial charge in [-0.15, -0.1) is 5.54 Å². The Hall–Kier alpha value is -4.23. The minimum atomic E-state index is -1.60. The van der Waals surface area contributed by atoms with E-state index in [9.17, 15) is 14.0 Å². The lowest BCUT2D eigenvalue weighted by atomic mass is 10.2. The van der Waals surface area contributed by atoms with Crippen molar-refractivity contribution in [3.05, 3.63) is 71.9 Å². The van der Waals surface area contributed by atoms with E-state index >= 15 is 0 Å². The van der Waals surface area contributed by atoms with Gasteiger partial charge in [-0.25, -0.2) is 9.37 Å². The van der Waals surface area contributed by atoms with Gasteiger partial charge < -0.3 is 14.8 Å². The summed E-state index contributed by atoms with van der Waals surface area (Å²) in [6, 6.07) is 11.1. The number of aromatic nitrogens is 2. The largest absolute Gasteiger partial charge is 0.487 e. The molecule has 10 heteroatoms. The minimum absolute atomic E-state index is 0.0307. The third-order valence-electron chi connectivity index (χ3n) is 5.06. The Bertz CT molecular complexity index is 1380. The number of hydrogen-bond acceptors (Lipinski definition) is 6. The molecule has 1 N–H and O–H groups in total. The molecule has 0 saturated carbocycles. The summed E-state index contributed by atoms with van der Waals surface area (Å²) in [6.45, 7) is 6.32. The zero-order valence-corrected chi connectivity index (χ0v) is 21.3. The molecule has 184 valence electrons. The summed E-state index contributed by atoms with van der Waals surface area (Å²) in [6.07, 6.45) is 1.39. The standard InChI is InChI=1S/C26H25FN4O4Si/c1-31-24-23(9-8-18(29-24)11-13-36(2,3)4)34-16-22(26(31)33)30-25(32)21-15-20(10-12-28-21)35-19-7-5-6-17(27)14-19/h5-10,12,14-15,22H,16H2,1-4H3,(H,30,32). The highest BCUT2D eigenvalue weighted by Crippen LogP contribution is 2.29. The quantitative estimate of drug-likeness (QED) is 0.429. The van der Waals surface area contributed by atoms with Crippen LogP contribution in [0.3, 0.4) is 0 Å². The van der Waals surface area contributed by atoms with E-state index in [1.165, 1.54) is 35.4 Å². The lowest BCUT2D eigenvalue weighted by molar-refractivity contribution is -0.120. The van der Waals surface area contributed by atoms with E-state index < -0.39 is 31.7 Å². The molecular weight excluding hydrogens is 479 g/mol. The summed E-state index contributed by atoms with van der Waals surface area (Å²) in [5.74, 6) is 2.99. The molecule has 1 aliphatic heterocycles. The number of amides is 2. The lowest BCUT2D eigenvalue weighted by Crippen LogP contribution is -2.49. The fraction of sp³-hybridized carbons (Fsp3) is 0.231. The normalized spacial score (nSPS) is 15.1. The number of likely N-dealkylation sites (N-methyl/N-ethyl adjacent to an activating group) is 1. The van der Waals surface area contributed by atoms with Crippen molar-refractivity contribution in [2.75, 3.05) is 18.6 Å². The number of halogens is 1. The molecule has 0 saturated heterocycles. The second kappa shape index (κ2) is 10.2. The predicted molar refractivity (Wildman–Crippen MR) is 135 cm³/mol. The molecule has 2 amide bonds. The first-order chi connectivity index (χ1) is 17.1. The molecule has 0 fully saturated rings. The maximum absolute atomic E-state index is 13.4. The Morgan fingerprint density at radius 3 is 2.72 bits per heavy atom. The van der Waals surface area contributed by atoms with Gasteiger partial charge in [0.15, 0.2) is 11.6 Å². The van der Waals surface area contributed by atoms with E-state index in [1.807, 2.05) is 0 Å². The number of carbonyl (C=O) groups excluding carboxylic acids is 2. The molecule has 36 heavy (non-hydrogen) atoms. The molecule has 4 rings (SSSR count). The highest BCUT2D eigenvalue weighted by Gasteiger charge is 2.32. The molecule has 1 aromatic carbocycles. The Kier molecular flexibility index (Phi) is 7.03. The third-order valence-corrected chi connectivity index (χ3v) is 5.93. The second-order valence-electron chi connectivity index (χ2n) is 9.19. The number of fused-ring (bicyclic) bond motifs is 1. The van der Waals surface area contributed by atoms with Gasteiger partial charge in [0.2, 0.25) is 0 Å². The van der Waals surface area contributed by atoms with Crippen LogP contribution in [0.2, 0.25) is 19.6 Å². The van der Waals surface area contributed by atoms with Crippen molar-refractivity contribution in [2.24, 2.45) is 0 Å². The van der Waals surface area contributed by atoms with Gasteiger partial charge in [0, 0.05) is 25.4 Å². The fourth-order valence-electron chi connectivity index (χ4n) is 3.29. The van der Waals surface area contributed by atoms with Gasteiger partial charge in [-0.05, 0) is 30.3 Å². The summed E-state index contributed by atoms with van der Waals surface area (Å²) < 4.78 is 24.8. The SMILES string of the molecule is CN1C(=O)C(NC(=O)c2cc(Oc3cccc(F)c3)ccn2)COc2ccc(C#C[Si](C)(C)C)nc21. The summed E-state index contributed by atoms with van der Waals surface area (Å²) in [5, 5.41) is 2.67. The van der Waals surface area contributed by atoms with Crippen molar-refractivity contribution >= 4 is 25.7 Å². The van der Waals surface area contributed by atoms with E-state index in [0.29, 0.717) is 23.0 Å². The van der Waals surface area contributed by atoms with Gasteiger partial charge in [-0.1, -0.05) is 31.6 Å². The van der Waals surface area contributed by atoms with Crippen LogP contribution in [0.5, 0.6) is 17.2 Å². The molecule has 8 nitrogen and oxygen atoms in total. The summed E-state index contributed by atoms with van der Waals surface area (Å²) >= 11 is 0. The first-order valence-electron chi connectivity index (χ1n) is 11.2. The van der Waals surface area contributed by atoms with Crippen molar-refractivity contribution in [2.45, 2.75) is 25.7 Å². The summed E-state index contributed by atoms with van der Waals surface area (Å²) in [4.78, 5) is 35.9. The van der Waals surface area contributed by atoms with Crippen LogP contribution in [0.25, 0.3) is 0 Å². The number of ether oxygens (including phenoxy) is 2. The van der Waals surface area contributed by atoms with Gasteiger partial charge in [0.25, 0.3) is 11.8 Å². The van der Waals surface area contributed by atoms with Gasteiger partial charge in [-0.3, -0.25) is 19.5 Å². The van der Waals surface area contributed by atoms with Crippen LogP contribution in [0.1, 0.15) is 16.2 Å². The highest BCUT2D eigenvalue weighted by atomic mass is 28.3. The Morgan fingerprint density at radius 1 is 1.19 bits per heavy atom. The number of carbonyl (C=O) groups is 2. The predicted octanol–water partition coefficient (Wildman–Crippen LogP) is 3.79. The number of nitrogens with one attached hydrogen (secondary N) is 1. The minimum Gasteiger partial charge on any atom is -0.487 e. The number of nitrogens with zero attached hydrogens (tertiary/aromatic N) is 3. The van der Waals surface area contributed by atoms with Crippen LogP contribution in [-0.4, -0.2) is 49.6 Å². The van der Waals surface area contributed by atoms with Crippen molar-refractivity contribution < 1.29 is 23.5 Å². The molecule has 3 heterocycles. The van der Waals surface area contributed by atoms with E-state index in [2.05, 4.69) is 46.4 Å². The lowest BCUT2D eigenvalue weighted by Gasteiger charge is -2.19. The first-order valence-corrected chi connectivity index (χ1v) is 14.7. The van der Waals surface area contributed by atoms with Crippen molar-refractivity contribution in [1.29, 1.82) is 0 Å². The van der Waals surface area contributed by atoms with Crippen molar-refractivity contribution in [3.8, 4) is 28.7 Å². The molecule has 0 bridgehead atoms. The average Bonchev–Trinajstić information content (AvgIpc) is 2.94. The Balaban J connectivity index is 1.48. The third kappa shape index (κ3) is 6.06. The van der Waals surface area contributed by atoms with Crippen molar-refractivity contribution in [1.82, 2.24) is 15.3 Å². The zero-order valence-electron chi connectivity index (χ0n) is 20.3. The Labute approximate surface area is 209 Å². The molecule has 3 aromatic rings. The Morgan fingerprint density at radius 2 is 1.97 bits per heavy atom. The van der Waals surface area contributed by atoms with E-state index in [1.54, 1.807) is 31.3 Å². The molecule has 1 aliphatic rings. The maximum atomic E-state index is 13.4. The number of anilines is 1. The van der Waals surface area contributed by atoms with Gasteiger partial charge in [0.05, 0.1) is 0 Å². The highest BCUT2D eigenvalue weighted by molar-refractivity contribution is 6.83. The molecule has 0 radical (unpaired) electrons. The molecule has 0 aliphatic carbocycles. The van der Waals surface area contributed by atoms with Gasteiger partial charge in [0.1, 0.15) is 49.4 Å². The van der Waals surface area contributed by atoms with Crippen LogP contribution in [0.4, 0.5) is 10.2 Å². The van der Waals surface area contributed by atoms with E-state index in [-0.39, 0.29) is 18.1 Å². The maximum Gasteiger partial charge on any atom is 0.270 e. The van der Waals surface area contributed by atoms with Crippen LogP contribution in [0.15, 0.2) is 54.7 Å². The molecular formula is C26H25FN4O4Si. The number of hydrogen-bond donors (Lipinski definition) is 1. The monoisotopic (exact) mass is 504 g/mol. The molecule has 1 atom stereocenters. The number of benzene rings is 1. The summed E-state index contributed by atoms with van der Waals surface area (Å²) in [5.41, 5.74) is 3.83. The number of rotatable bonds is 4. The topological polar surface area (TPSA) is 93.7 Å². The smallest absolute Gasteiger partial charge is 0.270 e. The van der Waals surface area contributed by atoms with Gasteiger partial charge >= 0.3 is 0 Å². The molecule has 2 aromatic heterocycles. The van der Waals surface area contributed by atoms with Crippen LogP contribution >= 0.6 is 0 Å². The van der Waals surface area contributed by atoms with Crippen LogP contribution in [-0.2, 0) is 4.79 Å². The summed E-state index contributed by atoms with van der Waals surface area (Å²) in [7, 11) is -0.0256. The second-order valence-corrected chi connectivity index (χ2v) is 13.9. The molecule has 1 unspecified atom stereocenters. The first kappa shape index (κ1) is 24.9. The van der Waals surface area contributed by atoms with E-state index in [4.69, 9.17) is 9.47 Å².